The van der Waals surface area contributed by atoms with Crippen molar-refractivity contribution in [1.82, 2.24) is 15.2 Å². The highest BCUT2D eigenvalue weighted by Crippen LogP contribution is 2.14. The van der Waals surface area contributed by atoms with Gasteiger partial charge in [-0.2, -0.15) is 11.8 Å². The Hall–Kier alpha value is -2.06. The minimum absolute atomic E-state index is 0.173. The molecule has 0 spiro atoms. The quantitative estimate of drug-likeness (QED) is 0.724. The van der Waals surface area contributed by atoms with Crippen LogP contribution < -0.4 is 10.6 Å². The Kier molecular flexibility index (Phi) is 7.73. The Labute approximate surface area is 174 Å². The number of nitrogens with one attached hydrogen (secondary N) is 2. The molecular formula is C20H26N4O2S2. The molecule has 0 saturated carbocycles. The van der Waals surface area contributed by atoms with Gasteiger partial charge in [0, 0.05) is 48.6 Å². The third kappa shape index (κ3) is 6.24. The first-order chi connectivity index (χ1) is 13.6. The molecule has 1 aliphatic heterocycles. The number of carbonyl (C=O) groups excluding carboxylic acids is 2. The van der Waals surface area contributed by atoms with Crippen LogP contribution >= 0.6 is 23.1 Å². The summed E-state index contributed by atoms with van der Waals surface area (Å²) in [6.45, 7) is 4.30. The molecule has 1 aromatic heterocycles. The second-order valence-corrected chi connectivity index (χ2v) is 8.75. The minimum Gasteiger partial charge on any atom is -0.341 e. The summed E-state index contributed by atoms with van der Waals surface area (Å²) in [4.78, 5) is 30.8. The molecule has 8 heteroatoms. The molecule has 6 nitrogen and oxygen atoms in total. The predicted octanol–water partition coefficient (Wildman–Crippen LogP) is 3.19. The van der Waals surface area contributed by atoms with E-state index in [0.29, 0.717) is 18.7 Å². The molecular weight excluding hydrogens is 392 g/mol. The molecule has 150 valence electrons. The third-order valence-electron chi connectivity index (χ3n) is 4.50. The summed E-state index contributed by atoms with van der Waals surface area (Å²) < 4.78 is 0. The van der Waals surface area contributed by atoms with Gasteiger partial charge in [-0.25, -0.2) is 9.78 Å². The molecule has 1 aromatic carbocycles. The molecule has 2 N–H and O–H groups in total. The molecule has 3 amide bonds. The van der Waals surface area contributed by atoms with Crippen molar-refractivity contribution < 1.29 is 9.59 Å². The monoisotopic (exact) mass is 418 g/mol. The number of nitrogens with zero attached hydrogens (tertiary/aromatic N) is 2. The van der Waals surface area contributed by atoms with Crippen molar-refractivity contribution in [1.29, 1.82) is 0 Å². The zero-order valence-electron chi connectivity index (χ0n) is 16.1. The smallest absolute Gasteiger partial charge is 0.319 e. The molecule has 0 bridgehead atoms. The van der Waals surface area contributed by atoms with Crippen LogP contribution in [0.2, 0.25) is 0 Å². The van der Waals surface area contributed by atoms with Gasteiger partial charge in [-0.05, 0) is 24.1 Å². The number of amides is 3. The lowest BCUT2D eigenvalue weighted by Crippen LogP contribution is -2.38. The molecule has 0 unspecified atom stereocenters. The average molecular weight is 419 g/mol. The molecule has 3 rings (SSSR count). The zero-order valence-corrected chi connectivity index (χ0v) is 17.7. The van der Waals surface area contributed by atoms with E-state index in [-0.39, 0.29) is 11.9 Å². The summed E-state index contributed by atoms with van der Waals surface area (Å²) in [6.07, 6.45) is 2.07. The predicted molar refractivity (Wildman–Crippen MR) is 116 cm³/mol. The summed E-state index contributed by atoms with van der Waals surface area (Å²) in [5.41, 5.74) is 2.69. The first kappa shape index (κ1) is 20.7. The SMILES string of the molecule is CCc1nc(CCNC(=O)Nc2ccc(CC(=O)N3CCSCC3)cc2)cs1. The molecule has 28 heavy (non-hydrogen) atoms. The second kappa shape index (κ2) is 10.5. The molecule has 1 aliphatic rings. The van der Waals surface area contributed by atoms with Crippen LogP contribution in [0.25, 0.3) is 0 Å². The van der Waals surface area contributed by atoms with E-state index in [4.69, 9.17) is 0 Å². The van der Waals surface area contributed by atoms with E-state index in [2.05, 4.69) is 22.5 Å². The summed E-state index contributed by atoms with van der Waals surface area (Å²) >= 11 is 3.55. The largest absolute Gasteiger partial charge is 0.341 e. The van der Waals surface area contributed by atoms with Crippen molar-refractivity contribution in [2.45, 2.75) is 26.2 Å². The second-order valence-electron chi connectivity index (χ2n) is 6.58. The van der Waals surface area contributed by atoms with Gasteiger partial charge in [-0.1, -0.05) is 19.1 Å². The summed E-state index contributed by atoms with van der Waals surface area (Å²) in [5, 5.41) is 8.84. The van der Waals surface area contributed by atoms with Crippen LogP contribution in [0.4, 0.5) is 10.5 Å². The maximum atomic E-state index is 12.3. The molecule has 0 aliphatic carbocycles. The fraction of sp³-hybridized carbons (Fsp3) is 0.450. The van der Waals surface area contributed by atoms with Crippen molar-refractivity contribution in [3.8, 4) is 0 Å². The van der Waals surface area contributed by atoms with Gasteiger partial charge in [0.25, 0.3) is 0 Å². The Balaban J connectivity index is 1.40. The van der Waals surface area contributed by atoms with Gasteiger partial charge in [0.2, 0.25) is 5.91 Å². The van der Waals surface area contributed by atoms with Gasteiger partial charge in [-0.3, -0.25) is 4.79 Å². The number of aryl methyl sites for hydroxylation is 1. The van der Waals surface area contributed by atoms with Gasteiger partial charge in [0.1, 0.15) is 0 Å². The van der Waals surface area contributed by atoms with Crippen LogP contribution in [0.15, 0.2) is 29.6 Å². The van der Waals surface area contributed by atoms with Gasteiger partial charge in [-0.15, -0.1) is 11.3 Å². The highest BCUT2D eigenvalue weighted by Gasteiger charge is 2.16. The van der Waals surface area contributed by atoms with Crippen LogP contribution in [0.5, 0.6) is 0 Å². The number of thiazole rings is 1. The number of carbonyl (C=O) groups is 2. The Morgan fingerprint density at radius 1 is 1.18 bits per heavy atom. The minimum atomic E-state index is -0.236. The fourth-order valence-corrected chi connectivity index (χ4v) is 4.59. The number of anilines is 1. The van der Waals surface area contributed by atoms with E-state index in [1.54, 1.807) is 11.3 Å². The van der Waals surface area contributed by atoms with Crippen LogP contribution in [0.3, 0.4) is 0 Å². The van der Waals surface area contributed by atoms with Crippen molar-refractivity contribution in [2.75, 3.05) is 36.5 Å². The van der Waals surface area contributed by atoms with Crippen molar-refractivity contribution in [2.24, 2.45) is 0 Å². The van der Waals surface area contributed by atoms with Crippen molar-refractivity contribution in [3.05, 3.63) is 45.9 Å². The average Bonchev–Trinajstić information content (AvgIpc) is 3.18. The molecule has 0 atom stereocenters. The van der Waals surface area contributed by atoms with Crippen molar-refractivity contribution in [3.63, 3.8) is 0 Å². The Morgan fingerprint density at radius 2 is 1.93 bits per heavy atom. The lowest BCUT2D eigenvalue weighted by molar-refractivity contribution is -0.130. The number of hydrogen-bond donors (Lipinski definition) is 2. The lowest BCUT2D eigenvalue weighted by atomic mass is 10.1. The fourth-order valence-electron chi connectivity index (χ4n) is 2.91. The van der Waals surface area contributed by atoms with E-state index >= 15 is 0 Å². The Morgan fingerprint density at radius 3 is 2.61 bits per heavy atom. The highest BCUT2D eigenvalue weighted by atomic mass is 32.2. The van der Waals surface area contributed by atoms with Gasteiger partial charge in [0.15, 0.2) is 0 Å². The van der Waals surface area contributed by atoms with E-state index in [1.807, 2.05) is 46.3 Å². The van der Waals surface area contributed by atoms with E-state index in [0.717, 1.165) is 53.7 Å². The van der Waals surface area contributed by atoms with Crippen LogP contribution in [-0.2, 0) is 24.1 Å². The lowest BCUT2D eigenvalue weighted by Gasteiger charge is -2.26. The summed E-state index contributed by atoms with van der Waals surface area (Å²) in [7, 11) is 0. The van der Waals surface area contributed by atoms with E-state index in [1.165, 1.54) is 0 Å². The summed E-state index contributed by atoms with van der Waals surface area (Å²) in [6, 6.07) is 7.23. The number of benzene rings is 1. The molecule has 0 radical (unpaired) electrons. The number of urea groups is 1. The number of aromatic nitrogens is 1. The number of rotatable bonds is 7. The normalized spacial score (nSPS) is 14.0. The molecule has 2 aromatic rings. The third-order valence-corrected chi connectivity index (χ3v) is 6.48. The Bertz CT molecular complexity index is 786. The van der Waals surface area contributed by atoms with Crippen LogP contribution in [0.1, 0.15) is 23.2 Å². The highest BCUT2D eigenvalue weighted by molar-refractivity contribution is 7.99. The molecule has 1 fully saturated rings. The molecule has 1 saturated heterocycles. The van der Waals surface area contributed by atoms with Crippen molar-refractivity contribution >= 4 is 40.7 Å². The van der Waals surface area contributed by atoms with E-state index < -0.39 is 0 Å². The first-order valence-electron chi connectivity index (χ1n) is 9.56. The van der Waals surface area contributed by atoms with Crippen LogP contribution in [0, 0.1) is 0 Å². The van der Waals surface area contributed by atoms with Crippen LogP contribution in [-0.4, -0.2) is 53.0 Å². The maximum Gasteiger partial charge on any atom is 0.319 e. The standard InChI is InChI=1S/C20H26N4O2S2/c1-2-18-22-17(14-28-18)7-8-21-20(26)23-16-5-3-15(4-6-16)13-19(25)24-9-11-27-12-10-24/h3-6,14H,2,7-13H2,1H3,(H2,21,23,26). The maximum absolute atomic E-state index is 12.3. The van der Waals surface area contributed by atoms with Gasteiger partial charge in [0.05, 0.1) is 17.1 Å². The molecule has 2 heterocycles. The zero-order chi connectivity index (χ0) is 19.8. The first-order valence-corrected chi connectivity index (χ1v) is 11.6. The van der Waals surface area contributed by atoms with Gasteiger partial charge < -0.3 is 15.5 Å². The number of thioether (sulfide) groups is 1. The number of hydrogen-bond acceptors (Lipinski definition) is 5. The van der Waals surface area contributed by atoms with E-state index in [9.17, 15) is 9.59 Å². The van der Waals surface area contributed by atoms with Gasteiger partial charge >= 0.3 is 6.03 Å². The topological polar surface area (TPSA) is 74.3 Å². The summed E-state index contributed by atoms with van der Waals surface area (Å²) in [5.74, 6) is 2.21.